The van der Waals surface area contributed by atoms with Gasteiger partial charge in [-0.15, -0.1) is 0 Å². The van der Waals surface area contributed by atoms with Crippen molar-refractivity contribution >= 4 is 11.0 Å². The van der Waals surface area contributed by atoms with Gasteiger partial charge in [0.2, 0.25) is 0 Å². The van der Waals surface area contributed by atoms with Crippen LogP contribution in [-0.2, 0) is 19.9 Å². The number of ether oxygens (including phenoxy) is 1. The highest BCUT2D eigenvalue weighted by molar-refractivity contribution is 7.67. The van der Waals surface area contributed by atoms with Gasteiger partial charge in [0.25, 0.3) is 11.0 Å². The van der Waals surface area contributed by atoms with Crippen molar-refractivity contribution in [1.29, 1.82) is 0 Å². The van der Waals surface area contributed by atoms with Crippen molar-refractivity contribution in [3.63, 3.8) is 0 Å². The molecule has 0 rings (SSSR count). The molecule has 52 valence electrons. The molecule has 9 heavy (non-hydrogen) atoms. The lowest BCUT2D eigenvalue weighted by Gasteiger charge is -1.84. The summed E-state index contributed by atoms with van der Waals surface area (Å²) in [6.45, 7) is 3.20. The van der Waals surface area contributed by atoms with E-state index in [9.17, 15) is 8.42 Å². The summed E-state index contributed by atoms with van der Waals surface area (Å²) in [4.78, 5) is 0. The summed E-state index contributed by atoms with van der Waals surface area (Å²) >= 11 is 0. The Morgan fingerprint density at radius 3 is 2.44 bits per heavy atom. The zero-order valence-electron chi connectivity index (χ0n) is 4.52. The van der Waals surface area contributed by atoms with E-state index in [4.69, 9.17) is 0 Å². The van der Waals surface area contributed by atoms with E-state index in [2.05, 4.69) is 15.5 Å². The van der Waals surface area contributed by atoms with Gasteiger partial charge in [0.15, 0.2) is 0 Å². The Balaban J connectivity index is 3.35. The third-order valence-corrected chi connectivity index (χ3v) is 0.671. The molecule has 0 aliphatic carbocycles. The van der Waals surface area contributed by atoms with Gasteiger partial charge in [0, 0.05) is 0 Å². The van der Waals surface area contributed by atoms with Gasteiger partial charge in [0.05, 0.1) is 6.26 Å². The fourth-order valence-electron chi connectivity index (χ4n) is 0.162. The second kappa shape index (κ2) is 5.17. The molecule has 0 bridgehead atoms. The second-order valence-corrected chi connectivity index (χ2v) is 1.56. The van der Waals surface area contributed by atoms with Crippen LogP contribution in [-0.4, -0.2) is 8.42 Å². The average molecular weight is 150 g/mol. The van der Waals surface area contributed by atoms with E-state index >= 15 is 0 Å². The average Bonchev–Trinajstić information content (AvgIpc) is 1.80. The van der Waals surface area contributed by atoms with Gasteiger partial charge in [-0.3, -0.25) is 0 Å². The van der Waals surface area contributed by atoms with Crippen molar-refractivity contribution in [2.75, 3.05) is 0 Å². The predicted molar refractivity (Wildman–Crippen MR) is 31.8 cm³/mol. The van der Waals surface area contributed by atoms with Gasteiger partial charge >= 0.3 is 0 Å². The van der Waals surface area contributed by atoms with Crippen molar-refractivity contribution in [2.45, 2.75) is 0 Å². The number of rotatable bonds is 4. The lowest BCUT2D eigenvalue weighted by atomic mass is 11.0. The highest BCUT2D eigenvalue weighted by Crippen LogP contribution is 1.79. The van der Waals surface area contributed by atoms with Gasteiger partial charge in [-0.25, -0.2) is 0 Å². The molecule has 5 heteroatoms. The Hall–Kier alpha value is -0.970. The molecule has 0 radical (unpaired) electrons. The molecule has 0 aromatic carbocycles. The molecule has 0 aromatic rings. The van der Waals surface area contributed by atoms with Crippen LogP contribution in [0.25, 0.3) is 0 Å². The first kappa shape index (κ1) is 8.03. The molecule has 0 amide bonds. The summed E-state index contributed by atoms with van der Waals surface area (Å²) in [5.41, 5.74) is 0. The van der Waals surface area contributed by atoms with E-state index in [-0.39, 0.29) is 0 Å². The van der Waals surface area contributed by atoms with Crippen LogP contribution in [0.3, 0.4) is 0 Å². The molecule has 0 aliphatic heterocycles. The third kappa shape index (κ3) is 7.03. The van der Waals surface area contributed by atoms with Crippen molar-refractivity contribution in [3.05, 3.63) is 25.4 Å². The van der Waals surface area contributed by atoms with Gasteiger partial charge in [-0.05, 0) is 0 Å². The molecule has 0 fully saturated rings. The standard InChI is InChI=1S/C4H6O4S/c1-2-7-3-4-8-9(5)6/h2-4,9H,1H2. The molecule has 0 heterocycles. The van der Waals surface area contributed by atoms with Crippen molar-refractivity contribution in [3.8, 4) is 0 Å². The zero-order valence-corrected chi connectivity index (χ0v) is 5.41. The minimum Gasteiger partial charge on any atom is -0.470 e. The van der Waals surface area contributed by atoms with E-state index in [0.29, 0.717) is 0 Å². The Morgan fingerprint density at radius 1 is 1.33 bits per heavy atom. The normalized spacial score (nSPS) is 9.89. The fraction of sp³-hybridized carbons (Fsp3) is 0. The van der Waals surface area contributed by atoms with Crippen molar-refractivity contribution in [1.82, 2.24) is 0 Å². The summed E-state index contributed by atoms with van der Waals surface area (Å²) in [5, 5.41) is 0. The van der Waals surface area contributed by atoms with Crippen LogP contribution >= 0.6 is 0 Å². The summed E-state index contributed by atoms with van der Waals surface area (Å²) in [6, 6.07) is 0. The molecule has 0 unspecified atom stereocenters. The Kier molecular flexibility index (Phi) is 4.61. The van der Waals surface area contributed by atoms with Crippen LogP contribution in [0.15, 0.2) is 25.4 Å². The highest BCUT2D eigenvalue weighted by Gasteiger charge is 1.72. The Bertz CT molecular complexity index is 161. The monoisotopic (exact) mass is 150 g/mol. The van der Waals surface area contributed by atoms with Gasteiger partial charge in [-0.1, -0.05) is 6.58 Å². The molecule has 0 saturated carbocycles. The fourth-order valence-corrected chi connectivity index (χ4v) is 0.311. The predicted octanol–water partition coefficient (Wildman–Crippen LogP) is 0.161. The lowest BCUT2D eigenvalue weighted by molar-refractivity contribution is 0.376. The summed E-state index contributed by atoms with van der Waals surface area (Å²) < 4.78 is 27.6. The molecule has 0 atom stereocenters. The SMILES string of the molecule is C=COC=CO[SH](=O)=O. The van der Waals surface area contributed by atoms with E-state index in [0.717, 1.165) is 18.8 Å². The van der Waals surface area contributed by atoms with Gasteiger partial charge in [0.1, 0.15) is 12.5 Å². The highest BCUT2D eigenvalue weighted by atomic mass is 32.2. The maximum Gasteiger partial charge on any atom is 0.298 e. The Labute approximate surface area is 54.5 Å². The first-order chi connectivity index (χ1) is 4.27. The van der Waals surface area contributed by atoms with Crippen LogP contribution in [0.2, 0.25) is 0 Å². The van der Waals surface area contributed by atoms with Crippen molar-refractivity contribution in [2.24, 2.45) is 0 Å². The van der Waals surface area contributed by atoms with E-state index < -0.39 is 11.0 Å². The quantitative estimate of drug-likeness (QED) is 0.458. The third-order valence-electron chi connectivity index (χ3n) is 0.377. The molecule has 0 spiro atoms. The molecule has 0 N–H and O–H groups in total. The maximum atomic E-state index is 9.64. The van der Waals surface area contributed by atoms with Gasteiger partial charge in [-0.2, -0.15) is 8.42 Å². The molecule has 0 aromatic heterocycles. The van der Waals surface area contributed by atoms with Crippen LogP contribution in [0, 0.1) is 0 Å². The van der Waals surface area contributed by atoms with E-state index in [1.165, 1.54) is 0 Å². The number of thiol groups is 1. The van der Waals surface area contributed by atoms with Crippen LogP contribution in [0.4, 0.5) is 0 Å². The van der Waals surface area contributed by atoms with E-state index in [1.54, 1.807) is 0 Å². The molecular weight excluding hydrogens is 144 g/mol. The van der Waals surface area contributed by atoms with Crippen molar-refractivity contribution < 1.29 is 17.3 Å². The topological polar surface area (TPSA) is 52.6 Å². The number of hydrogen-bond acceptors (Lipinski definition) is 4. The summed E-state index contributed by atoms with van der Waals surface area (Å²) in [6.07, 6.45) is 3.09. The minimum absolute atomic E-state index is 0.896. The first-order valence-electron chi connectivity index (χ1n) is 2.00. The second-order valence-electron chi connectivity index (χ2n) is 0.904. The first-order valence-corrected chi connectivity index (χ1v) is 3.09. The summed E-state index contributed by atoms with van der Waals surface area (Å²) in [7, 11) is -2.82. The largest absolute Gasteiger partial charge is 0.470 e. The molecule has 0 aliphatic rings. The number of hydrogen-bond donors (Lipinski definition) is 1. The van der Waals surface area contributed by atoms with Gasteiger partial charge < -0.3 is 8.92 Å². The summed E-state index contributed by atoms with van der Waals surface area (Å²) in [5.74, 6) is 0. The molecule has 4 nitrogen and oxygen atoms in total. The molecular formula is C4H6O4S. The van der Waals surface area contributed by atoms with Crippen LogP contribution in [0.5, 0.6) is 0 Å². The van der Waals surface area contributed by atoms with Crippen LogP contribution < -0.4 is 0 Å². The lowest BCUT2D eigenvalue weighted by Crippen LogP contribution is -1.75. The Morgan fingerprint density at radius 2 is 2.00 bits per heavy atom. The molecule has 0 saturated heterocycles. The minimum atomic E-state index is -2.82. The van der Waals surface area contributed by atoms with Crippen LogP contribution in [0.1, 0.15) is 0 Å². The van der Waals surface area contributed by atoms with E-state index in [1.807, 2.05) is 0 Å². The zero-order chi connectivity index (χ0) is 7.11. The smallest absolute Gasteiger partial charge is 0.298 e. The maximum absolute atomic E-state index is 9.64.